The monoisotopic (exact) mass is 435 g/mol. The number of nitrogens with one attached hydrogen (secondary N) is 1. The number of carbonyl (C=O) groups excluding carboxylic acids is 1. The Morgan fingerprint density at radius 3 is 2.37 bits per heavy atom. The van der Waals surface area contributed by atoms with E-state index in [-0.39, 0.29) is 29.6 Å². The molecule has 0 unspecified atom stereocenters. The lowest BCUT2D eigenvalue weighted by molar-refractivity contribution is -0.384. The minimum atomic E-state index is -3.98. The van der Waals surface area contributed by atoms with Crippen LogP contribution in [0.4, 0.5) is 11.4 Å². The van der Waals surface area contributed by atoms with Crippen molar-refractivity contribution in [2.24, 2.45) is 0 Å². The Kier molecular flexibility index (Phi) is 7.38. The van der Waals surface area contributed by atoms with E-state index in [2.05, 4.69) is 5.32 Å². The van der Waals surface area contributed by atoms with Gasteiger partial charge in [-0.3, -0.25) is 19.2 Å². The second kappa shape index (κ2) is 9.57. The molecule has 0 radical (unpaired) electrons. The van der Waals surface area contributed by atoms with Crippen LogP contribution in [0.25, 0.3) is 0 Å². The van der Waals surface area contributed by atoms with Gasteiger partial charge in [-0.1, -0.05) is 37.3 Å². The van der Waals surface area contributed by atoms with Crippen LogP contribution < -0.4 is 14.4 Å². The van der Waals surface area contributed by atoms with Crippen molar-refractivity contribution in [1.29, 1.82) is 0 Å². The number of nitro benzene ring substituents is 1. The molecule has 0 spiro atoms. The van der Waals surface area contributed by atoms with E-state index >= 15 is 0 Å². The first kappa shape index (κ1) is 23.1. The van der Waals surface area contributed by atoms with E-state index in [0.29, 0.717) is 0 Å². The fourth-order valence-electron chi connectivity index (χ4n) is 3.13. The van der Waals surface area contributed by atoms with Crippen LogP contribution in [0, 0.1) is 10.1 Å². The molecule has 2 atom stereocenters. The molecule has 162 valence electrons. The van der Waals surface area contributed by atoms with E-state index in [1.54, 1.807) is 13.8 Å². The largest absolute Gasteiger partial charge is 0.495 e. The Morgan fingerprint density at radius 2 is 1.87 bits per heavy atom. The highest BCUT2D eigenvalue weighted by molar-refractivity contribution is 7.92. The Bertz CT molecular complexity index is 1010. The first-order valence-corrected chi connectivity index (χ1v) is 11.1. The summed E-state index contributed by atoms with van der Waals surface area (Å²) in [5.74, 6) is -0.416. The lowest BCUT2D eigenvalue weighted by Gasteiger charge is -2.31. The maximum Gasteiger partial charge on any atom is 0.271 e. The molecule has 1 amide bonds. The number of ether oxygens (including phenoxy) is 1. The predicted molar refractivity (Wildman–Crippen MR) is 114 cm³/mol. The van der Waals surface area contributed by atoms with Crippen molar-refractivity contribution < 1.29 is 22.9 Å². The SMILES string of the molecule is CC[C@@H](C(=O)N[C@@H](C)c1ccccc1)N(c1cc([N+](=O)[O-])ccc1OC)S(C)(=O)=O. The van der Waals surface area contributed by atoms with Gasteiger partial charge in [-0.25, -0.2) is 8.42 Å². The standard InChI is InChI=1S/C20H25N3O6S/c1-5-17(20(24)21-14(2)15-9-7-6-8-10-15)22(30(4,27)28)18-13-16(23(25)26)11-12-19(18)29-3/h6-14,17H,5H2,1-4H3,(H,21,24)/t14-,17-/m0/s1. The van der Waals surface area contributed by atoms with Crippen LogP contribution in [0.15, 0.2) is 48.5 Å². The molecule has 2 rings (SSSR count). The summed E-state index contributed by atoms with van der Waals surface area (Å²) in [6, 6.07) is 11.4. The van der Waals surface area contributed by atoms with Crippen LogP contribution in [0.3, 0.4) is 0 Å². The maximum absolute atomic E-state index is 13.0. The van der Waals surface area contributed by atoms with E-state index < -0.39 is 26.9 Å². The minimum absolute atomic E-state index is 0.0661. The number of benzene rings is 2. The van der Waals surface area contributed by atoms with Crippen LogP contribution in [0.1, 0.15) is 31.9 Å². The summed E-state index contributed by atoms with van der Waals surface area (Å²) >= 11 is 0. The topological polar surface area (TPSA) is 119 Å². The number of amides is 1. The molecule has 0 heterocycles. The van der Waals surface area contributed by atoms with Crippen molar-refractivity contribution >= 4 is 27.3 Å². The summed E-state index contributed by atoms with van der Waals surface area (Å²) < 4.78 is 31.4. The van der Waals surface area contributed by atoms with Crippen molar-refractivity contribution in [2.75, 3.05) is 17.7 Å². The molecule has 2 aromatic rings. The number of hydrogen-bond donors (Lipinski definition) is 1. The van der Waals surface area contributed by atoms with Gasteiger partial charge >= 0.3 is 0 Å². The third-order valence-electron chi connectivity index (χ3n) is 4.60. The zero-order valence-corrected chi connectivity index (χ0v) is 18.0. The van der Waals surface area contributed by atoms with Gasteiger partial charge in [-0.15, -0.1) is 0 Å². The lowest BCUT2D eigenvalue weighted by Crippen LogP contribution is -2.49. The van der Waals surface area contributed by atoms with Gasteiger partial charge in [0.25, 0.3) is 5.69 Å². The Labute approximate surface area is 175 Å². The van der Waals surface area contributed by atoms with Crippen molar-refractivity contribution in [3.05, 3.63) is 64.2 Å². The number of sulfonamides is 1. The Morgan fingerprint density at radius 1 is 1.23 bits per heavy atom. The van der Waals surface area contributed by atoms with Crippen LogP contribution >= 0.6 is 0 Å². The molecule has 0 bridgehead atoms. The van der Waals surface area contributed by atoms with Crippen molar-refractivity contribution in [2.45, 2.75) is 32.4 Å². The normalized spacial score (nSPS) is 13.2. The summed E-state index contributed by atoms with van der Waals surface area (Å²) in [4.78, 5) is 23.6. The molecule has 0 aromatic heterocycles. The van der Waals surface area contributed by atoms with E-state index in [1.807, 2.05) is 30.3 Å². The Hall–Kier alpha value is -3.14. The number of nitrogens with zero attached hydrogens (tertiary/aromatic N) is 2. The number of hydrogen-bond acceptors (Lipinski definition) is 6. The van der Waals surface area contributed by atoms with Gasteiger partial charge in [0.15, 0.2) is 0 Å². The molecular weight excluding hydrogens is 410 g/mol. The van der Waals surface area contributed by atoms with E-state index in [4.69, 9.17) is 4.74 Å². The zero-order chi connectivity index (χ0) is 22.5. The second-order valence-electron chi connectivity index (χ2n) is 6.74. The molecule has 9 nitrogen and oxygen atoms in total. The molecule has 0 aliphatic rings. The zero-order valence-electron chi connectivity index (χ0n) is 17.2. The average Bonchev–Trinajstić information content (AvgIpc) is 2.70. The van der Waals surface area contributed by atoms with Gasteiger partial charge in [0, 0.05) is 12.1 Å². The molecule has 0 saturated carbocycles. The number of carbonyl (C=O) groups is 1. The van der Waals surface area contributed by atoms with Gasteiger partial charge in [0.1, 0.15) is 17.5 Å². The highest BCUT2D eigenvalue weighted by Crippen LogP contribution is 2.35. The second-order valence-corrected chi connectivity index (χ2v) is 8.60. The van der Waals surface area contributed by atoms with Crippen LogP contribution in [-0.4, -0.2) is 38.7 Å². The third-order valence-corrected chi connectivity index (χ3v) is 5.76. The molecule has 0 aliphatic heterocycles. The van der Waals surface area contributed by atoms with Gasteiger partial charge in [0.2, 0.25) is 15.9 Å². The van der Waals surface area contributed by atoms with Crippen molar-refractivity contribution in [1.82, 2.24) is 5.32 Å². The van der Waals surface area contributed by atoms with Gasteiger partial charge in [0.05, 0.1) is 24.3 Å². The van der Waals surface area contributed by atoms with Crippen molar-refractivity contribution in [3.8, 4) is 5.75 Å². The molecule has 1 N–H and O–H groups in total. The van der Waals surface area contributed by atoms with Crippen LogP contribution in [0.5, 0.6) is 5.75 Å². The number of anilines is 1. The smallest absolute Gasteiger partial charge is 0.271 e. The first-order valence-electron chi connectivity index (χ1n) is 9.27. The first-order chi connectivity index (χ1) is 14.1. The fraction of sp³-hybridized carbons (Fsp3) is 0.350. The van der Waals surface area contributed by atoms with Crippen LogP contribution in [-0.2, 0) is 14.8 Å². The number of nitro groups is 1. The molecule has 10 heteroatoms. The summed E-state index contributed by atoms with van der Waals surface area (Å²) in [5.41, 5.74) is 0.482. The van der Waals surface area contributed by atoms with Gasteiger partial charge in [-0.05, 0) is 25.0 Å². The highest BCUT2D eigenvalue weighted by atomic mass is 32.2. The van der Waals surface area contributed by atoms with Gasteiger partial charge in [-0.2, -0.15) is 0 Å². The molecule has 0 fully saturated rings. The van der Waals surface area contributed by atoms with Crippen LogP contribution in [0.2, 0.25) is 0 Å². The molecule has 0 aliphatic carbocycles. The van der Waals surface area contributed by atoms with E-state index in [0.717, 1.165) is 22.2 Å². The quantitative estimate of drug-likeness (QED) is 0.478. The van der Waals surface area contributed by atoms with E-state index in [1.165, 1.54) is 19.2 Å². The fourth-order valence-corrected chi connectivity index (χ4v) is 4.34. The summed E-state index contributed by atoms with van der Waals surface area (Å²) in [6.07, 6.45) is 1.09. The molecular formula is C20H25N3O6S. The molecule has 30 heavy (non-hydrogen) atoms. The Balaban J connectivity index is 2.48. The molecule has 0 saturated heterocycles. The van der Waals surface area contributed by atoms with Crippen molar-refractivity contribution in [3.63, 3.8) is 0 Å². The maximum atomic E-state index is 13.0. The lowest BCUT2D eigenvalue weighted by atomic mass is 10.1. The number of rotatable bonds is 9. The average molecular weight is 436 g/mol. The minimum Gasteiger partial charge on any atom is -0.495 e. The van der Waals surface area contributed by atoms with E-state index in [9.17, 15) is 23.3 Å². The molecule has 2 aromatic carbocycles. The summed E-state index contributed by atoms with van der Waals surface area (Å²) in [7, 11) is -2.66. The summed E-state index contributed by atoms with van der Waals surface area (Å²) in [6.45, 7) is 3.46. The third kappa shape index (κ3) is 5.26. The number of non-ortho nitro benzene ring substituents is 1. The summed E-state index contributed by atoms with van der Waals surface area (Å²) in [5, 5.41) is 14.0. The number of methoxy groups -OCH3 is 1. The van der Waals surface area contributed by atoms with Gasteiger partial charge < -0.3 is 10.1 Å². The highest BCUT2D eigenvalue weighted by Gasteiger charge is 2.35. The predicted octanol–water partition coefficient (Wildman–Crippen LogP) is 3.03.